The van der Waals surface area contributed by atoms with E-state index in [0.29, 0.717) is 41.0 Å². The number of ether oxygens (including phenoxy) is 1. The lowest BCUT2D eigenvalue weighted by molar-refractivity contribution is 0.310. The van der Waals surface area contributed by atoms with Crippen LogP contribution in [0.25, 0.3) is 0 Å². The molecule has 112 valence electrons. The minimum Gasteiger partial charge on any atom is -0.475 e. The van der Waals surface area contributed by atoms with Crippen LogP contribution in [0.2, 0.25) is 10.0 Å². The highest BCUT2D eigenvalue weighted by Gasteiger charge is 2.03. The van der Waals surface area contributed by atoms with Crippen molar-refractivity contribution in [3.8, 4) is 5.88 Å². The second kappa shape index (κ2) is 8.87. The Bertz CT molecular complexity index is 452. The fourth-order valence-corrected chi connectivity index (χ4v) is 1.77. The number of rotatable bonds is 7. The maximum atomic E-state index is 5.93. The Labute approximate surface area is 129 Å². The first-order valence-corrected chi connectivity index (χ1v) is 7.22. The van der Waals surface area contributed by atoms with E-state index in [0.717, 1.165) is 13.0 Å². The van der Waals surface area contributed by atoms with Crippen LogP contribution in [-0.2, 0) is 0 Å². The predicted octanol–water partition coefficient (Wildman–Crippen LogP) is 2.72. The number of aromatic nitrogens is 1. The van der Waals surface area contributed by atoms with E-state index in [1.807, 2.05) is 0 Å². The molecular formula is C13H20Cl2N4O. The Morgan fingerprint density at radius 1 is 1.50 bits per heavy atom. The van der Waals surface area contributed by atoms with E-state index in [2.05, 4.69) is 29.1 Å². The monoisotopic (exact) mass is 318 g/mol. The van der Waals surface area contributed by atoms with Crippen molar-refractivity contribution in [2.24, 2.45) is 16.6 Å². The maximum absolute atomic E-state index is 5.93. The standard InChI is InChI=1S/C13H20Cl2N4O/c1-9(2)3-4-17-13(16)18-5-6-20-12-11(15)7-10(14)8-19-12/h7-9H,3-6H2,1-2H3,(H3,16,17,18). The lowest BCUT2D eigenvalue weighted by Crippen LogP contribution is -2.35. The first-order valence-electron chi connectivity index (χ1n) is 6.46. The third-order valence-electron chi connectivity index (χ3n) is 2.41. The molecule has 0 atom stereocenters. The van der Waals surface area contributed by atoms with E-state index in [4.69, 9.17) is 33.7 Å². The molecule has 0 fully saturated rings. The average molecular weight is 319 g/mol. The number of hydrogen-bond acceptors (Lipinski definition) is 3. The van der Waals surface area contributed by atoms with Crippen LogP contribution in [0.5, 0.6) is 5.88 Å². The first kappa shape index (κ1) is 16.9. The Kier molecular flexibility index (Phi) is 7.47. The van der Waals surface area contributed by atoms with Crippen LogP contribution in [0.15, 0.2) is 17.3 Å². The van der Waals surface area contributed by atoms with Gasteiger partial charge in [-0.05, 0) is 18.4 Å². The van der Waals surface area contributed by atoms with Gasteiger partial charge < -0.3 is 15.8 Å². The highest BCUT2D eigenvalue weighted by molar-refractivity contribution is 6.35. The van der Waals surface area contributed by atoms with Crippen LogP contribution < -0.4 is 15.8 Å². The molecule has 1 heterocycles. The van der Waals surface area contributed by atoms with Gasteiger partial charge in [0.15, 0.2) is 5.96 Å². The van der Waals surface area contributed by atoms with Gasteiger partial charge in [0, 0.05) is 12.7 Å². The normalized spacial score (nSPS) is 11.8. The van der Waals surface area contributed by atoms with Gasteiger partial charge in [-0.3, -0.25) is 4.99 Å². The van der Waals surface area contributed by atoms with Gasteiger partial charge in [0.1, 0.15) is 11.6 Å². The number of guanidine groups is 1. The molecule has 0 radical (unpaired) electrons. The molecule has 0 aliphatic heterocycles. The summed E-state index contributed by atoms with van der Waals surface area (Å²) in [6.07, 6.45) is 2.50. The number of nitrogens with two attached hydrogens (primary N) is 1. The summed E-state index contributed by atoms with van der Waals surface area (Å²) >= 11 is 11.7. The lowest BCUT2D eigenvalue weighted by atomic mass is 10.1. The van der Waals surface area contributed by atoms with E-state index in [-0.39, 0.29) is 0 Å². The molecule has 0 aliphatic rings. The van der Waals surface area contributed by atoms with Crippen molar-refractivity contribution in [3.05, 3.63) is 22.3 Å². The predicted molar refractivity (Wildman–Crippen MR) is 83.7 cm³/mol. The van der Waals surface area contributed by atoms with Crippen LogP contribution in [-0.4, -0.2) is 30.6 Å². The summed E-state index contributed by atoms with van der Waals surface area (Å²) in [7, 11) is 0. The van der Waals surface area contributed by atoms with E-state index in [1.54, 1.807) is 6.07 Å². The Hall–Kier alpha value is -1.20. The van der Waals surface area contributed by atoms with Gasteiger partial charge in [-0.1, -0.05) is 37.0 Å². The minimum atomic E-state index is 0.355. The zero-order chi connectivity index (χ0) is 15.0. The molecule has 0 aliphatic carbocycles. The molecule has 0 unspecified atom stereocenters. The summed E-state index contributed by atoms with van der Waals surface area (Å²) in [6, 6.07) is 1.58. The van der Waals surface area contributed by atoms with Gasteiger partial charge in [0.2, 0.25) is 5.88 Å². The molecule has 0 bridgehead atoms. The van der Waals surface area contributed by atoms with E-state index in [1.165, 1.54) is 6.20 Å². The van der Waals surface area contributed by atoms with Crippen molar-refractivity contribution < 1.29 is 4.74 Å². The molecule has 0 saturated heterocycles. The molecule has 0 spiro atoms. The summed E-state index contributed by atoms with van der Waals surface area (Å²) < 4.78 is 5.41. The molecule has 0 aromatic carbocycles. The number of hydrogen-bond donors (Lipinski definition) is 2. The second-order valence-electron chi connectivity index (χ2n) is 4.67. The Balaban J connectivity index is 2.24. The molecule has 3 N–H and O–H groups in total. The molecule has 1 rings (SSSR count). The quantitative estimate of drug-likeness (QED) is 0.460. The van der Waals surface area contributed by atoms with Crippen LogP contribution in [0.3, 0.4) is 0 Å². The number of nitrogens with one attached hydrogen (secondary N) is 1. The average Bonchev–Trinajstić information content (AvgIpc) is 2.36. The SMILES string of the molecule is CC(C)CCN=C(N)NCCOc1ncc(Cl)cc1Cl. The van der Waals surface area contributed by atoms with Crippen LogP contribution in [0.4, 0.5) is 0 Å². The third-order valence-corrected chi connectivity index (χ3v) is 2.89. The highest BCUT2D eigenvalue weighted by Crippen LogP contribution is 2.24. The Morgan fingerprint density at radius 2 is 2.25 bits per heavy atom. The topological polar surface area (TPSA) is 72.5 Å². The highest BCUT2D eigenvalue weighted by atomic mass is 35.5. The van der Waals surface area contributed by atoms with E-state index >= 15 is 0 Å². The summed E-state index contributed by atoms with van der Waals surface area (Å²) in [6.45, 7) is 5.93. The van der Waals surface area contributed by atoms with Gasteiger partial charge >= 0.3 is 0 Å². The molecule has 5 nitrogen and oxygen atoms in total. The van der Waals surface area contributed by atoms with Crippen molar-refractivity contribution >= 4 is 29.2 Å². The zero-order valence-electron chi connectivity index (χ0n) is 11.7. The molecule has 7 heteroatoms. The first-order chi connectivity index (χ1) is 9.49. The minimum absolute atomic E-state index is 0.355. The number of nitrogens with zero attached hydrogens (tertiary/aromatic N) is 2. The van der Waals surface area contributed by atoms with Crippen LogP contribution >= 0.6 is 23.2 Å². The van der Waals surface area contributed by atoms with Crippen molar-refractivity contribution in [2.45, 2.75) is 20.3 Å². The van der Waals surface area contributed by atoms with Gasteiger partial charge in [0.25, 0.3) is 0 Å². The molecule has 1 aromatic heterocycles. The smallest absolute Gasteiger partial charge is 0.232 e. The molecule has 0 saturated carbocycles. The summed E-state index contributed by atoms with van der Waals surface area (Å²) in [5.41, 5.74) is 5.71. The second-order valence-corrected chi connectivity index (χ2v) is 5.51. The zero-order valence-corrected chi connectivity index (χ0v) is 13.2. The van der Waals surface area contributed by atoms with Crippen molar-refractivity contribution in [1.82, 2.24) is 10.3 Å². The van der Waals surface area contributed by atoms with Gasteiger partial charge in [0.05, 0.1) is 11.6 Å². The maximum Gasteiger partial charge on any atom is 0.232 e. The van der Waals surface area contributed by atoms with Gasteiger partial charge in [-0.2, -0.15) is 0 Å². The summed E-state index contributed by atoms with van der Waals surface area (Å²) in [4.78, 5) is 8.19. The van der Waals surface area contributed by atoms with Crippen molar-refractivity contribution in [1.29, 1.82) is 0 Å². The third kappa shape index (κ3) is 6.82. The number of aliphatic imine (C=N–C) groups is 1. The number of pyridine rings is 1. The van der Waals surface area contributed by atoms with Crippen molar-refractivity contribution in [3.63, 3.8) is 0 Å². The molecule has 0 amide bonds. The van der Waals surface area contributed by atoms with Crippen LogP contribution in [0.1, 0.15) is 20.3 Å². The van der Waals surface area contributed by atoms with E-state index < -0.39 is 0 Å². The molecular weight excluding hydrogens is 299 g/mol. The largest absolute Gasteiger partial charge is 0.475 e. The number of halogens is 2. The fraction of sp³-hybridized carbons (Fsp3) is 0.538. The Morgan fingerprint density at radius 3 is 2.90 bits per heavy atom. The van der Waals surface area contributed by atoms with Crippen molar-refractivity contribution in [2.75, 3.05) is 19.7 Å². The van der Waals surface area contributed by atoms with Crippen LogP contribution in [0, 0.1) is 5.92 Å². The summed E-state index contributed by atoms with van der Waals surface area (Å²) in [5.74, 6) is 1.39. The van der Waals surface area contributed by atoms with Gasteiger partial charge in [-0.25, -0.2) is 4.98 Å². The molecule has 1 aromatic rings. The van der Waals surface area contributed by atoms with E-state index in [9.17, 15) is 0 Å². The summed E-state index contributed by atoms with van der Waals surface area (Å²) in [5, 5.41) is 3.82. The van der Waals surface area contributed by atoms with Gasteiger partial charge in [-0.15, -0.1) is 0 Å². The fourth-order valence-electron chi connectivity index (χ4n) is 1.33. The molecule has 20 heavy (non-hydrogen) atoms. The lowest BCUT2D eigenvalue weighted by Gasteiger charge is -2.09.